The lowest BCUT2D eigenvalue weighted by molar-refractivity contribution is 0.585. The molecule has 4 nitrogen and oxygen atoms in total. The molecule has 0 saturated heterocycles. The van der Waals surface area contributed by atoms with Gasteiger partial charge in [0.2, 0.25) is 5.95 Å². The van der Waals surface area contributed by atoms with Crippen LogP contribution in [0.25, 0.3) is 10.9 Å². The summed E-state index contributed by atoms with van der Waals surface area (Å²) in [6.45, 7) is 5.17. The molecule has 3 rings (SSSR count). The maximum absolute atomic E-state index is 13.0. The number of hydrogen-bond donors (Lipinski definition) is 2. The van der Waals surface area contributed by atoms with E-state index in [4.69, 9.17) is 11.6 Å². The summed E-state index contributed by atoms with van der Waals surface area (Å²) in [5.74, 6) is 0.0277. The van der Waals surface area contributed by atoms with E-state index < -0.39 is 5.95 Å². The number of aromatic nitrogens is 2. The summed E-state index contributed by atoms with van der Waals surface area (Å²) in [4.78, 5) is 8.31. The van der Waals surface area contributed by atoms with Gasteiger partial charge in [-0.2, -0.15) is 4.39 Å². The lowest BCUT2D eigenvalue weighted by Gasteiger charge is -2.13. The van der Waals surface area contributed by atoms with Gasteiger partial charge in [0.15, 0.2) is 0 Å². The van der Waals surface area contributed by atoms with Crippen LogP contribution in [0.5, 0.6) is 0 Å². The van der Waals surface area contributed by atoms with Gasteiger partial charge in [0, 0.05) is 29.9 Å². The van der Waals surface area contributed by atoms with Crippen molar-refractivity contribution in [2.75, 3.05) is 23.7 Å². The first-order valence-corrected chi connectivity index (χ1v) is 8.09. The predicted octanol–water partition coefficient (Wildman–Crippen LogP) is 4.56. The van der Waals surface area contributed by atoms with Crippen LogP contribution in [0.1, 0.15) is 11.3 Å². The van der Waals surface area contributed by atoms with Crippen LogP contribution in [-0.2, 0) is 0 Å². The van der Waals surface area contributed by atoms with E-state index >= 15 is 0 Å². The fraction of sp³-hybridized carbons (Fsp3) is 0.222. The van der Waals surface area contributed by atoms with E-state index in [0.717, 1.165) is 27.8 Å². The van der Waals surface area contributed by atoms with E-state index in [-0.39, 0.29) is 0 Å². The molecule has 0 unspecified atom stereocenters. The molecule has 3 aromatic rings. The van der Waals surface area contributed by atoms with Gasteiger partial charge in [0.1, 0.15) is 5.82 Å². The molecule has 0 atom stereocenters. The summed E-state index contributed by atoms with van der Waals surface area (Å²) < 4.78 is 13.0. The fourth-order valence-electron chi connectivity index (χ4n) is 2.53. The third-order valence-electron chi connectivity index (χ3n) is 3.70. The molecule has 6 heteroatoms. The van der Waals surface area contributed by atoms with E-state index in [1.807, 2.05) is 32.0 Å². The number of pyridine rings is 2. The maximum atomic E-state index is 13.0. The number of nitrogens with zero attached hydrogens (tertiary/aromatic N) is 2. The molecule has 0 aliphatic heterocycles. The lowest BCUT2D eigenvalue weighted by Crippen LogP contribution is -2.15. The van der Waals surface area contributed by atoms with Crippen molar-refractivity contribution in [3.63, 3.8) is 0 Å². The SMILES string of the molecule is Cc1cc(NCCNc2cccc(F)n2)c2ccc(C)c(Cl)c2n1. The van der Waals surface area contributed by atoms with Gasteiger partial charge in [-0.05, 0) is 37.6 Å². The summed E-state index contributed by atoms with van der Waals surface area (Å²) in [5, 5.41) is 8.13. The predicted molar refractivity (Wildman–Crippen MR) is 97.4 cm³/mol. The van der Waals surface area contributed by atoms with Crippen molar-refractivity contribution in [1.29, 1.82) is 0 Å². The molecule has 1 aromatic carbocycles. The summed E-state index contributed by atoms with van der Waals surface area (Å²) in [6.07, 6.45) is 0. The molecule has 0 aliphatic rings. The standard InChI is InChI=1S/C18H18ClFN4/c1-11-6-7-13-14(10-12(2)23-18(13)17(11)19)21-8-9-22-16-5-3-4-15(20)24-16/h3-7,10H,8-9H2,1-2H3,(H,21,23)(H,22,24). The van der Waals surface area contributed by atoms with Crippen LogP contribution in [0.2, 0.25) is 5.02 Å². The average molecular weight is 345 g/mol. The van der Waals surface area contributed by atoms with Gasteiger partial charge >= 0.3 is 0 Å². The van der Waals surface area contributed by atoms with Crippen molar-refractivity contribution in [3.8, 4) is 0 Å². The number of aryl methyl sites for hydroxylation is 2. The Kier molecular flexibility index (Phi) is 4.81. The second-order valence-electron chi connectivity index (χ2n) is 5.60. The third kappa shape index (κ3) is 3.57. The zero-order chi connectivity index (χ0) is 17.1. The summed E-state index contributed by atoms with van der Waals surface area (Å²) >= 11 is 6.38. The second-order valence-corrected chi connectivity index (χ2v) is 5.98. The van der Waals surface area contributed by atoms with Crippen LogP contribution in [0.4, 0.5) is 15.9 Å². The van der Waals surface area contributed by atoms with Crippen LogP contribution in [-0.4, -0.2) is 23.1 Å². The van der Waals surface area contributed by atoms with E-state index in [1.165, 1.54) is 6.07 Å². The fourth-order valence-corrected chi connectivity index (χ4v) is 2.74. The molecular formula is C18H18ClFN4. The minimum absolute atomic E-state index is 0.492. The Labute approximate surface area is 145 Å². The van der Waals surface area contributed by atoms with Gasteiger partial charge in [0.25, 0.3) is 0 Å². The number of benzene rings is 1. The molecule has 0 radical (unpaired) electrons. The molecule has 0 bridgehead atoms. The van der Waals surface area contributed by atoms with Crippen LogP contribution in [0.15, 0.2) is 36.4 Å². The van der Waals surface area contributed by atoms with Gasteiger partial charge in [-0.1, -0.05) is 29.8 Å². The lowest BCUT2D eigenvalue weighted by atomic mass is 10.1. The second kappa shape index (κ2) is 7.01. The average Bonchev–Trinajstić information content (AvgIpc) is 2.55. The van der Waals surface area contributed by atoms with Gasteiger partial charge in [-0.3, -0.25) is 4.98 Å². The zero-order valence-corrected chi connectivity index (χ0v) is 14.3. The molecule has 0 saturated carbocycles. The highest BCUT2D eigenvalue weighted by Gasteiger charge is 2.09. The van der Waals surface area contributed by atoms with Crippen LogP contribution in [0.3, 0.4) is 0 Å². The summed E-state index contributed by atoms with van der Waals surface area (Å²) in [6, 6.07) is 10.7. The number of anilines is 2. The van der Waals surface area contributed by atoms with E-state index in [0.29, 0.717) is 23.9 Å². The Morgan fingerprint density at radius 2 is 1.83 bits per heavy atom. The monoisotopic (exact) mass is 344 g/mol. The first-order chi connectivity index (χ1) is 11.5. The normalized spacial score (nSPS) is 10.8. The van der Waals surface area contributed by atoms with Gasteiger partial charge < -0.3 is 10.6 Å². The van der Waals surface area contributed by atoms with Crippen molar-refractivity contribution in [3.05, 3.63) is 58.6 Å². The molecule has 124 valence electrons. The molecule has 2 aromatic heterocycles. The van der Waals surface area contributed by atoms with Gasteiger partial charge in [0.05, 0.1) is 10.5 Å². The molecule has 2 heterocycles. The minimum atomic E-state index is -0.492. The molecule has 2 N–H and O–H groups in total. The van der Waals surface area contributed by atoms with Gasteiger partial charge in [-0.15, -0.1) is 0 Å². The van der Waals surface area contributed by atoms with Crippen LogP contribution >= 0.6 is 11.6 Å². The van der Waals surface area contributed by atoms with E-state index in [9.17, 15) is 4.39 Å². The molecule has 0 aliphatic carbocycles. The van der Waals surface area contributed by atoms with Gasteiger partial charge in [-0.25, -0.2) is 4.98 Å². The Hall–Kier alpha value is -2.40. The molecule has 0 fully saturated rings. The Morgan fingerprint density at radius 3 is 2.62 bits per heavy atom. The van der Waals surface area contributed by atoms with Crippen molar-refractivity contribution in [2.24, 2.45) is 0 Å². The number of fused-ring (bicyclic) bond motifs is 1. The van der Waals surface area contributed by atoms with Crippen molar-refractivity contribution >= 4 is 34.0 Å². The van der Waals surface area contributed by atoms with Crippen molar-refractivity contribution in [2.45, 2.75) is 13.8 Å². The van der Waals surface area contributed by atoms with E-state index in [1.54, 1.807) is 12.1 Å². The Morgan fingerprint density at radius 1 is 1.04 bits per heavy atom. The topological polar surface area (TPSA) is 49.8 Å². The molecule has 0 amide bonds. The third-order valence-corrected chi connectivity index (χ3v) is 4.18. The number of nitrogens with one attached hydrogen (secondary N) is 2. The first-order valence-electron chi connectivity index (χ1n) is 7.71. The largest absolute Gasteiger partial charge is 0.383 e. The molecular weight excluding hydrogens is 327 g/mol. The minimum Gasteiger partial charge on any atom is -0.383 e. The zero-order valence-electron chi connectivity index (χ0n) is 13.5. The Balaban J connectivity index is 1.72. The van der Waals surface area contributed by atoms with E-state index in [2.05, 4.69) is 20.6 Å². The highest BCUT2D eigenvalue weighted by atomic mass is 35.5. The van der Waals surface area contributed by atoms with Crippen molar-refractivity contribution in [1.82, 2.24) is 9.97 Å². The summed E-state index contributed by atoms with van der Waals surface area (Å²) in [5.41, 5.74) is 3.69. The number of hydrogen-bond acceptors (Lipinski definition) is 4. The summed E-state index contributed by atoms with van der Waals surface area (Å²) in [7, 11) is 0. The van der Waals surface area contributed by atoms with Crippen molar-refractivity contribution < 1.29 is 4.39 Å². The molecule has 0 spiro atoms. The molecule has 24 heavy (non-hydrogen) atoms. The Bertz CT molecular complexity index is 882. The highest BCUT2D eigenvalue weighted by Crippen LogP contribution is 2.30. The first kappa shape index (κ1) is 16.5. The maximum Gasteiger partial charge on any atom is 0.214 e. The van der Waals surface area contributed by atoms with Crippen LogP contribution < -0.4 is 10.6 Å². The number of halogens is 2. The number of rotatable bonds is 5. The van der Waals surface area contributed by atoms with Crippen LogP contribution in [0, 0.1) is 19.8 Å². The quantitative estimate of drug-likeness (QED) is 0.526. The highest BCUT2D eigenvalue weighted by molar-refractivity contribution is 6.36. The smallest absolute Gasteiger partial charge is 0.214 e.